The molecule has 0 saturated carbocycles. The molecule has 0 radical (unpaired) electrons. The first-order chi connectivity index (χ1) is 14.9. The number of amides is 1. The van der Waals surface area contributed by atoms with Gasteiger partial charge >= 0.3 is 0 Å². The number of hydrogen-bond donors (Lipinski definition) is 1. The number of para-hydroxylation sites is 1. The Morgan fingerprint density at radius 1 is 0.935 bits per heavy atom. The average Bonchev–Trinajstić information content (AvgIpc) is 2.75. The third-order valence-corrected chi connectivity index (χ3v) is 6.40. The van der Waals surface area contributed by atoms with Gasteiger partial charge in [0.1, 0.15) is 0 Å². The van der Waals surface area contributed by atoms with Crippen LogP contribution in [0.3, 0.4) is 0 Å². The molecule has 156 valence electrons. The number of halogens is 1. The van der Waals surface area contributed by atoms with Crippen LogP contribution in [0.5, 0.6) is 0 Å². The summed E-state index contributed by atoms with van der Waals surface area (Å²) in [5.74, 6) is -0.162. The van der Waals surface area contributed by atoms with Crippen molar-refractivity contribution >= 4 is 38.4 Å². The van der Waals surface area contributed by atoms with Crippen molar-refractivity contribution in [2.75, 3.05) is 4.90 Å². The van der Waals surface area contributed by atoms with E-state index in [-0.39, 0.29) is 18.0 Å². The minimum atomic E-state index is -0.183. The lowest BCUT2D eigenvalue weighted by Crippen LogP contribution is -2.33. The van der Waals surface area contributed by atoms with Gasteiger partial charge in [-0.1, -0.05) is 42.5 Å². The fraction of sp³-hybridized carbons (Fsp3) is 0.154. The molecule has 31 heavy (non-hydrogen) atoms. The number of aromatic amines is 1. The van der Waals surface area contributed by atoms with Gasteiger partial charge in [0.05, 0.1) is 17.6 Å². The van der Waals surface area contributed by atoms with E-state index in [1.165, 1.54) is 0 Å². The lowest BCUT2D eigenvalue weighted by atomic mass is 10.0. The van der Waals surface area contributed by atoms with Crippen LogP contribution in [0.25, 0.3) is 10.9 Å². The van der Waals surface area contributed by atoms with Crippen LogP contribution in [-0.4, -0.2) is 10.9 Å². The van der Waals surface area contributed by atoms with Crippen molar-refractivity contribution in [1.82, 2.24) is 4.98 Å². The Kier molecular flexibility index (Phi) is 5.79. The van der Waals surface area contributed by atoms with Crippen LogP contribution in [0.15, 0.2) is 76.0 Å². The van der Waals surface area contributed by atoms with Crippen molar-refractivity contribution in [1.29, 1.82) is 0 Å². The first-order valence-electron chi connectivity index (χ1n) is 10.1. The number of rotatable bonds is 4. The second-order valence-electron chi connectivity index (χ2n) is 7.75. The maximum atomic E-state index is 13.6. The topological polar surface area (TPSA) is 53.2 Å². The standard InChI is InChI=1S/C26H23BrN2O2/c1-16-8-7-13-23(18(16)3)29(26(31)21-11-4-5-12-22(21)27)15-20-14-19-10-6-9-17(2)24(19)28-25(20)30/h4-14H,15H2,1-3H3,(H,28,30). The maximum absolute atomic E-state index is 13.6. The minimum Gasteiger partial charge on any atom is -0.321 e. The van der Waals surface area contributed by atoms with Gasteiger partial charge in [-0.2, -0.15) is 0 Å². The third-order valence-electron chi connectivity index (χ3n) is 5.71. The van der Waals surface area contributed by atoms with Crippen LogP contribution in [0.2, 0.25) is 0 Å². The number of H-pyrrole nitrogens is 1. The van der Waals surface area contributed by atoms with Crippen molar-refractivity contribution in [3.8, 4) is 0 Å². The molecule has 4 aromatic rings. The molecule has 4 nitrogen and oxygen atoms in total. The molecule has 1 amide bonds. The largest absolute Gasteiger partial charge is 0.321 e. The second-order valence-corrected chi connectivity index (χ2v) is 8.61. The zero-order valence-corrected chi connectivity index (χ0v) is 19.3. The Morgan fingerprint density at radius 2 is 1.65 bits per heavy atom. The number of carbonyl (C=O) groups is 1. The number of carbonyl (C=O) groups excluding carboxylic acids is 1. The lowest BCUT2D eigenvalue weighted by Gasteiger charge is -2.26. The summed E-state index contributed by atoms with van der Waals surface area (Å²) in [4.78, 5) is 31.3. The molecule has 0 unspecified atom stereocenters. The quantitative estimate of drug-likeness (QED) is 0.390. The van der Waals surface area contributed by atoms with E-state index in [1.807, 2.05) is 81.4 Å². The van der Waals surface area contributed by atoms with Gasteiger partial charge < -0.3 is 9.88 Å². The van der Waals surface area contributed by atoms with E-state index in [2.05, 4.69) is 20.9 Å². The molecule has 1 heterocycles. The number of aromatic nitrogens is 1. The number of aryl methyl sites for hydroxylation is 2. The van der Waals surface area contributed by atoms with E-state index in [4.69, 9.17) is 0 Å². The number of nitrogens with zero attached hydrogens (tertiary/aromatic N) is 1. The van der Waals surface area contributed by atoms with Crippen LogP contribution in [0.1, 0.15) is 32.6 Å². The van der Waals surface area contributed by atoms with Crippen molar-refractivity contribution in [3.05, 3.63) is 109 Å². The summed E-state index contributed by atoms with van der Waals surface area (Å²) in [5, 5.41) is 0.948. The van der Waals surface area contributed by atoms with Crippen LogP contribution in [-0.2, 0) is 6.54 Å². The summed E-state index contributed by atoms with van der Waals surface area (Å²) in [5.41, 5.74) is 5.64. The number of benzene rings is 3. The highest BCUT2D eigenvalue weighted by Gasteiger charge is 2.23. The Bertz CT molecular complexity index is 1360. The fourth-order valence-electron chi connectivity index (χ4n) is 3.79. The molecule has 4 rings (SSSR count). The summed E-state index contributed by atoms with van der Waals surface area (Å²) < 4.78 is 0.721. The van der Waals surface area contributed by atoms with Crippen LogP contribution < -0.4 is 10.5 Å². The van der Waals surface area contributed by atoms with Crippen molar-refractivity contribution < 1.29 is 4.79 Å². The number of fused-ring (bicyclic) bond motifs is 1. The number of anilines is 1. The Hall–Kier alpha value is -3.18. The molecule has 1 N–H and O–H groups in total. The Morgan fingerprint density at radius 3 is 2.42 bits per heavy atom. The first kappa shape index (κ1) is 21.1. The molecule has 3 aromatic carbocycles. The summed E-state index contributed by atoms with van der Waals surface area (Å²) in [6.45, 7) is 6.16. The monoisotopic (exact) mass is 474 g/mol. The van der Waals surface area contributed by atoms with E-state index < -0.39 is 0 Å². The minimum absolute atomic E-state index is 0.162. The molecular formula is C26H23BrN2O2. The van der Waals surface area contributed by atoms with Gasteiger partial charge in [0, 0.05) is 15.7 Å². The van der Waals surface area contributed by atoms with Gasteiger partial charge in [-0.25, -0.2) is 0 Å². The molecule has 1 aromatic heterocycles. The van der Waals surface area contributed by atoms with Gasteiger partial charge in [0.2, 0.25) is 0 Å². The van der Waals surface area contributed by atoms with Crippen molar-refractivity contribution in [2.24, 2.45) is 0 Å². The summed E-state index contributed by atoms with van der Waals surface area (Å²) in [6, 6.07) is 21.0. The molecule has 5 heteroatoms. The highest BCUT2D eigenvalue weighted by molar-refractivity contribution is 9.10. The molecule has 0 aliphatic rings. The van der Waals surface area contributed by atoms with Gasteiger partial charge in [-0.15, -0.1) is 0 Å². The predicted octanol–water partition coefficient (Wildman–Crippen LogP) is 6.06. The zero-order valence-electron chi connectivity index (χ0n) is 17.7. The summed E-state index contributed by atoms with van der Waals surface area (Å²) in [7, 11) is 0. The highest BCUT2D eigenvalue weighted by atomic mass is 79.9. The lowest BCUT2D eigenvalue weighted by molar-refractivity contribution is 0.0984. The Labute approximate surface area is 189 Å². The van der Waals surface area contributed by atoms with Gasteiger partial charge in [-0.3, -0.25) is 9.59 Å². The maximum Gasteiger partial charge on any atom is 0.259 e. The molecule has 0 bridgehead atoms. The third kappa shape index (κ3) is 4.06. The van der Waals surface area contributed by atoms with Gasteiger partial charge in [-0.05, 0) is 83.0 Å². The molecule has 0 fully saturated rings. The van der Waals surface area contributed by atoms with Crippen LogP contribution in [0.4, 0.5) is 5.69 Å². The number of nitrogens with one attached hydrogen (secondary N) is 1. The summed E-state index contributed by atoms with van der Waals surface area (Å²) >= 11 is 3.50. The molecule has 0 spiro atoms. The molecule has 0 aliphatic carbocycles. The van der Waals surface area contributed by atoms with E-state index >= 15 is 0 Å². The highest BCUT2D eigenvalue weighted by Crippen LogP contribution is 2.28. The van der Waals surface area contributed by atoms with E-state index in [0.717, 1.165) is 37.8 Å². The van der Waals surface area contributed by atoms with E-state index in [1.54, 1.807) is 11.0 Å². The van der Waals surface area contributed by atoms with Crippen LogP contribution >= 0.6 is 15.9 Å². The van der Waals surface area contributed by atoms with E-state index in [0.29, 0.717) is 11.1 Å². The first-order valence-corrected chi connectivity index (χ1v) is 10.9. The molecular weight excluding hydrogens is 452 g/mol. The van der Waals surface area contributed by atoms with Crippen molar-refractivity contribution in [3.63, 3.8) is 0 Å². The van der Waals surface area contributed by atoms with E-state index in [9.17, 15) is 9.59 Å². The molecule has 0 aliphatic heterocycles. The predicted molar refractivity (Wildman–Crippen MR) is 130 cm³/mol. The van der Waals surface area contributed by atoms with Crippen molar-refractivity contribution in [2.45, 2.75) is 27.3 Å². The summed E-state index contributed by atoms with van der Waals surface area (Å²) in [6.07, 6.45) is 0. The molecule has 0 saturated heterocycles. The smallest absolute Gasteiger partial charge is 0.259 e. The number of pyridine rings is 1. The van der Waals surface area contributed by atoms with Gasteiger partial charge in [0.25, 0.3) is 11.5 Å². The van der Waals surface area contributed by atoms with Gasteiger partial charge in [0.15, 0.2) is 0 Å². The van der Waals surface area contributed by atoms with Crippen LogP contribution in [0, 0.1) is 20.8 Å². The average molecular weight is 475 g/mol. The second kappa shape index (κ2) is 8.52. The zero-order chi connectivity index (χ0) is 22.1. The SMILES string of the molecule is Cc1cccc(N(Cc2cc3cccc(C)c3[nH]c2=O)C(=O)c2ccccc2Br)c1C. The number of hydrogen-bond acceptors (Lipinski definition) is 2. The fourth-order valence-corrected chi connectivity index (χ4v) is 4.25. The Balaban J connectivity index is 1.86. The normalized spacial score (nSPS) is 11.0. The molecule has 0 atom stereocenters.